The Balaban J connectivity index is 2.40. The number of hydrogen-bond acceptors (Lipinski definition) is 8. The van der Waals surface area contributed by atoms with Gasteiger partial charge in [-0.15, -0.1) is 0 Å². The Kier molecular flexibility index (Phi) is 9.74. The van der Waals surface area contributed by atoms with Crippen LogP contribution in [0.25, 0.3) is 0 Å². The highest BCUT2D eigenvalue weighted by Gasteiger charge is 2.26. The second-order valence-electron chi connectivity index (χ2n) is 6.47. The van der Waals surface area contributed by atoms with Gasteiger partial charge in [-0.25, -0.2) is 0 Å². The molecule has 0 aliphatic rings. The van der Waals surface area contributed by atoms with Gasteiger partial charge in [0, 0.05) is 0 Å². The number of hydrogen-bond donors (Lipinski definition) is 1. The van der Waals surface area contributed by atoms with E-state index in [1.165, 1.54) is 33.3 Å². The van der Waals surface area contributed by atoms with Crippen LogP contribution in [0.4, 0.5) is 11.4 Å². The zero-order chi connectivity index (χ0) is 24.5. The Morgan fingerprint density at radius 1 is 0.970 bits per heavy atom. The van der Waals surface area contributed by atoms with Gasteiger partial charge < -0.3 is 24.3 Å². The van der Waals surface area contributed by atoms with Gasteiger partial charge in [-0.2, -0.15) is 10.2 Å². The smallest absolute Gasteiger partial charge is 0.258 e. The van der Waals surface area contributed by atoms with E-state index in [4.69, 9.17) is 42.1 Å². The molecular formula is C22H25Cl2N3O6. The molecule has 1 unspecified atom stereocenters. The van der Waals surface area contributed by atoms with Crippen molar-refractivity contribution >= 4 is 46.3 Å². The monoisotopic (exact) mass is 497 g/mol. The number of azo groups is 1. The SMILES string of the molecule is CCOc1ccc(OCC)c(NC(=O)C(N=Nc2ccc(Cl)c(OC)c2OC)C(C)=O)c1Cl. The van der Waals surface area contributed by atoms with Crippen LogP contribution in [-0.2, 0) is 9.59 Å². The van der Waals surface area contributed by atoms with Crippen LogP contribution in [0.1, 0.15) is 20.8 Å². The third-order valence-electron chi connectivity index (χ3n) is 4.28. The molecule has 1 amide bonds. The van der Waals surface area contributed by atoms with Crippen LogP contribution in [0.2, 0.25) is 10.0 Å². The van der Waals surface area contributed by atoms with Crippen LogP contribution >= 0.6 is 23.2 Å². The number of halogens is 2. The normalized spacial score (nSPS) is 11.7. The lowest BCUT2D eigenvalue weighted by molar-refractivity contribution is -0.126. The summed E-state index contributed by atoms with van der Waals surface area (Å²) in [6.45, 7) is 5.52. The van der Waals surface area contributed by atoms with Crippen molar-refractivity contribution in [2.75, 3.05) is 32.8 Å². The zero-order valence-electron chi connectivity index (χ0n) is 18.9. The first kappa shape index (κ1) is 26.2. The molecule has 0 heterocycles. The minimum atomic E-state index is -1.46. The third kappa shape index (κ3) is 6.27. The lowest BCUT2D eigenvalue weighted by Gasteiger charge is -2.17. The summed E-state index contributed by atoms with van der Waals surface area (Å²) in [5.74, 6) is -0.142. The van der Waals surface area contributed by atoms with Crippen LogP contribution in [-0.4, -0.2) is 45.2 Å². The molecule has 0 aromatic heterocycles. The van der Waals surface area contributed by atoms with Gasteiger partial charge in [0.15, 0.2) is 17.3 Å². The number of nitrogens with one attached hydrogen (secondary N) is 1. The highest BCUT2D eigenvalue weighted by atomic mass is 35.5. The Labute approximate surface area is 202 Å². The van der Waals surface area contributed by atoms with Gasteiger partial charge in [-0.3, -0.25) is 9.59 Å². The fraction of sp³-hybridized carbons (Fsp3) is 0.364. The summed E-state index contributed by atoms with van der Waals surface area (Å²) >= 11 is 12.5. The zero-order valence-corrected chi connectivity index (χ0v) is 20.4. The Morgan fingerprint density at radius 2 is 1.58 bits per heavy atom. The van der Waals surface area contributed by atoms with Gasteiger partial charge in [0.05, 0.1) is 32.5 Å². The molecule has 0 fully saturated rings. The van der Waals surface area contributed by atoms with E-state index in [-0.39, 0.29) is 27.9 Å². The van der Waals surface area contributed by atoms with Gasteiger partial charge in [-0.05, 0) is 45.0 Å². The standard InChI is InChI=1S/C22H25Cl2N3O6/c1-6-32-15-10-11-16(33-7-2)19(17(15)24)25-22(29)18(12(3)28)27-26-14-9-8-13(23)20(30-4)21(14)31-5/h8-11,18H,6-7H2,1-5H3,(H,25,29). The van der Waals surface area contributed by atoms with E-state index in [1.807, 2.05) is 0 Å². The number of ketones is 1. The largest absolute Gasteiger partial charge is 0.492 e. The Morgan fingerprint density at radius 3 is 2.15 bits per heavy atom. The fourth-order valence-electron chi connectivity index (χ4n) is 2.82. The Hall–Kier alpha value is -3.04. The van der Waals surface area contributed by atoms with Crippen molar-refractivity contribution in [2.24, 2.45) is 10.2 Å². The molecule has 1 N–H and O–H groups in total. The molecule has 2 aromatic carbocycles. The molecule has 0 bridgehead atoms. The van der Waals surface area contributed by atoms with Crippen molar-refractivity contribution in [2.45, 2.75) is 26.8 Å². The van der Waals surface area contributed by atoms with Crippen molar-refractivity contribution in [3.63, 3.8) is 0 Å². The average Bonchev–Trinajstić information content (AvgIpc) is 2.78. The van der Waals surface area contributed by atoms with Crippen molar-refractivity contribution in [3.8, 4) is 23.0 Å². The lowest BCUT2D eigenvalue weighted by Crippen LogP contribution is -2.32. The quantitative estimate of drug-likeness (QED) is 0.324. The molecular weight excluding hydrogens is 473 g/mol. The summed E-state index contributed by atoms with van der Waals surface area (Å²) in [5, 5.41) is 11.0. The first-order valence-electron chi connectivity index (χ1n) is 9.99. The molecule has 0 aliphatic carbocycles. The van der Waals surface area contributed by atoms with Crippen LogP contribution in [0.3, 0.4) is 0 Å². The number of benzene rings is 2. The molecule has 0 radical (unpaired) electrons. The molecule has 178 valence electrons. The third-order valence-corrected chi connectivity index (χ3v) is 4.95. The van der Waals surface area contributed by atoms with E-state index in [0.29, 0.717) is 29.7 Å². The second-order valence-corrected chi connectivity index (χ2v) is 7.25. The molecule has 0 aliphatic heterocycles. The van der Waals surface area contributed by atoms with E-state index in [0.717, 1.165) is 0 Å². The number of methoxy groups -OCH3 is 2. The highest BCUT2D eigenvalue weighted by Crippen LogP contribution is 2.43. The topological polar surface area (TPSA) is 108 Å². The average molecular weight is 498 g/mol. The van der Waals surface area contributed by atoms with Crippen LogP contribution in [0.5, 0.6) is 23.0 Å². The molecule has 11 heteroatoms. The number of amides is 1. The van der Waals surface area contributed by atoms with Gasteiger partial charge in [0.1, 0.15) is 27.9 Å². The summed E-state index contributed by atoms with van der Waals surface area (Å²) in [5.41, 5.74) is 0.394. The summed E-state index contributed by atoms with van der Waals surface area (Å²) in [6.07, 6.45) is 0. The molecule has 2 aromatic rings. The summed E-state index contributed by atoms with van der Waals surface area (Å²) < 4.78 is 21.5. The fourth-order valence-corrected chi connectivity index (χ4v) is 3.31. The van der Waals surface area contributed by atoms with Crippen molar-refractivity contribution < 1.29 is 28.5 Å². The van der Waals surface area contributed by atoms with E-state index in [1.54, 1.807) is 26.0 Å². The number of Topliss-reactive ketones (excluding diaryl/α,β-unsaturated/α-hetero) is 1. The second kappa shape index (κ2) is 12.3. The van der Waals surface area contributed by atoms with Crippen molar-refractivity contribution in [1.29, 1.82) is 0 Å². The van der Waals surface area contributed by atoms with Crippen LogP contribution in [0.15, 0.2) is 34.5 Å². The minimum Gasteiger partial charge on any atom is -0.492 e. The van der Waals surface area contributed by atoms with Crippen LogP contribution < -0.4 is 24.3 Å². The van der Waals surface area contributed by atoms with Crippen molar-refractivity contribution in [3.05, 3.63) is 34.3 Å². The number of rotatable bonds is 11. The van der Waals surface area contributed by atoms with Gasteiger partial charge in [0.25, 0.3) is 5.91 Å². The first-order chi connectivity index (χ1) is 15.8. The summed E-state index contributed by atoms with van der Waals surface area (Å²) in [4.78, 5) is 25.2. The lowest BCUT2D eigenvalue weighted by atomic mass is 10.2. The minimum absolute atomic E-state index is 0.138. The van der Waals surface area contributed by atoms with E-state index in [9.17, 15) is 9.59 Å². The van der Waals surface area contributed by atoms with E-state index in [2.05, 4.69) is 15.5 Å². The van der Waals surface area contributed by atoms with E-state index < -0.39 is 17.7 Å². The predicted molar refractivity (Wildman–Crippen MR) is 126 cm³/mol. The molecule has 9 nitrogen and oxygen atoms in total. The highest BCUT2D eigenvalue weighted by molar-refractivity contribution is 6.36. The maximum Gasteiger partial charge on any atom is 0.258 e. The molecule has 1 atom stereocenters. The molecule has 0 saturated heterocycles. The maximum absolute atomic E-state index is 13.0. The van der Waals surface area contributed by atoms with Gasteiger partial charge in [0.2, 0.25) is 6.04 Å². The maximum atomic E-state index is 13.0. The first-order valence-corrected chi connectivity index (χ1v) is 10.7. The number of carbonyl (C=O) groups is 2. The molecule has 0 saturated carbocycles. The molecule has 33 heavy (non-hydrogen) atoms. The van der Waals surface area contributed by atoms with Crippen LogP contribution in [0, 0.1) is 0 Å². The number of ether oxygens (including phenoxy) is 4. The van der Waals surface area contributed by atoms with Crippen molar-refractivity contribution in [1.82, 2.24) is 0 Å². The van der Waals surface area contributed by atoms with E-state index >= 15 is 0 Å². The summed E-state index contributed by atoms with van der Waals surface area (Å²) in [7, 11) is 2.83. The van der Waals surface area contributed by atoms with Gasteiger partial charge >= 0.3 is 0 Å². The Bertz CT molecular complexity index is 1050. The van der Waals surface area contributed by atoms with Gasteiger partial charge in [-0.1, -0.05) is 23.2 Å². The summed E-state index contributed by atoms with van der Waals surface area (Å²) in [6, 6.07) is 4.85. The number of carbonyl (C=O) groups excluding carboxylic acids is 2. The molecule has 2 rings (SSSR count). The number of anilines is 1. The predicted octanol–water partition coefficient (Wildman–Crippen LogP) is 5.49. The number of nitrogens with zero attached hydrogens (tertiary/aromatic N) is 2. The molecule has 0 spiro atoms.